The Kier molecular flexibility index (Phi) is 4.89. The lowest BCUT2D eigenvalue weighted by molar-refractivity contribution is 0.351. The standard InChI is InChI=1S/C15H16ClFO2S/c1-4-9-5-6-20-15(9)14(16)10-7-12(18-2)13(19-3)8-11(10)17/h5-8,14H,4H2,1-3H3. The first-order chi connectivity index (χ1) is 9.62. The zero-order valence-electron chi connectivity index (χ0n) is 11.6. The molecule has 1 unspecified atom stereocenters. The van der Waals surface area contributed by atoms with Crippen LogP contribution in [-0.2, 0) is 6.42 Å². The Bertz CT molecular complexity index is 598. The van der Waals surface area contributed by atoms with Gasteiger partial charge in [-0.1, -0.05) is 6.92 Å². The first-order valence-corrected chi connectivity index (χ1v) is 7.55. The van der Waals surface area contributed by atoms with Gasteiger partial charge in [0.1, 0.15) is 5.82 Å². The molecule has 0 spiro atoms. The van der Waals surface area contributed by atoms with Gasteiger partial charge in [-0.3, -0.25) is 0 Å². The highest BCUT2D eigenvalue weighted by Crippen LogP contribution is 2.40. The summed E-state index contributed by atoms with van der Waals surface area (Å²) < 4.78 is 24.5. The Morgan fingerprint density at radius 2 is 1.90 bits per heavy atom. The van der Waals surface area contributed by atoms with Gasteiger partial charge in [-0.2, -0.15) is 0 Å². The van der Waals surface area contributed by atoms with Gasteiger partial charge < -0.3 is 9.47 Å². The fraction of sp³-hybridized carbons (Fsp3) is 0.333. The van der Waals surface area contributed by atoms with E-state index in [2.05, 4.69) is 6.92 Å². The summed E-state index contributed by atoms with van der Waals surface area (Å²) in [6, 6.07) is 4.93. The second-order valence-electron chi connectivity index (χ2n) is 4.25. The SMILES string of the molecule is CCc1ccsc1C(Cl)c1cc(OC)c(OC)cc1F. The zero-order chi connectivity index (χ0) is 14.7. The summed E-state index contributed by atoms with van der Waals surface area (Å²) in [6.45, 7) is 2.06. The molecule has 20 heavy (non-hydrogen) atoms. The van der Waals surface area contributed by atoms with E-state index in [0.717, 1.165) is 16.9 Å². The summed E-state index contributed by atoms with van der Waals surface area (Å²) >= 11 is 8.00. The zero-order valence-corrected chi connectivity index (χ0v) is 13.1. The maximum Gasteiger partial charge on any atom is 0.163 e. The van der Waals surface area contributed by atoms with E-state index in [1.807, 2.05) is 11.4 Å². The number of thiophene rings is 1. The lowest BCUT2D eigenvalue weighted by Crippen LogP contribution is -2.00. The molecule has 1 heterocycles. The van der Waals surface area contributed by atoms with Gasteiger partial charge in [0.25, 0.3) is 0 Å². The average Bonchev–Trinajstić information content (AvgIpc) is 2.94. The second kappa shape index (κ2) is 6.46. The van der Waals surface area contributed by atoms with Crippen molar-refractivity contribution in [3.63, 3.8) is 0 Å². The molecule has 1 aromatic carbocycles. The first-order valence-electron chi connectivity index (χ1n) is 6.24. The minimum absolute atomic E-state index is 0.361. The van der Waals surface area contributed by atoms with Crippen LogP contribution in [0.1, 0.15) is 28.3 Å². The number of methoxy groups -OCH3 is 2. The number of ether oxygens (including phenoxy) is 2. The summed E-state index contributed by atoms with van der Waals surface area (Å²) in [4.78, 5) is 0.972. The summed E-state index contributed by atoms with van der Waals surface area (Å²) in [7, 11) is 3.00. The summed E-state index contributed by atoms with van der Waals surface area (Å²) in [5.74, 6) is 0.446. The minimum atomic E-state index is -0.523. The van der Waals surface area contributed by atoms with Crippen molar-refractivity contribution in [3.8, 4) is 11.5 Å². The summed E-state index contributed by atoms with van der Waals surface area (Å²) in [6.07, 6.45) is 0.872. The third-order valence-electron chi connectivity index (χ3n) is 3.17. The molecule has 0 saturated heterocycles. The van der Waals surface area contributed by atoms with Crippen molar-refractivity contribution in [3.05, 3.63) is 45.4 Å². The monoisotopic (exact) mass is 314 g/mol. The number of alkyl halides is 1. The summed E-state index contributed by atoms with van der Waals surface area (Å²) in [5.41, 5.74) is 1.55. The highest BCUT2D eigenvalue weighted by Gasteiger charge is 2.22. The first kappa shape index (κ1) is 15.1. The van der Waals surface area contributed by atoms with Gasteiger partial charge in [0, 0.05) is 16.5 Å². The maximum atomic E-state index is 14.2. The van der Waals surface area contributed by atoms with Crippen LogP contribution in [0.15, 0.2) is 23.6 Å². The molecule has 0 bridgehead atoms. The van der Waals surface area contributed by atoms with Gasteiger partial charge in [0.2, 0.25) is 0 Å². The van der Waals surface area contributed by atoms with E-state index in [1.165, 1.54) is 31.6 Å². The largest absolute Gasteiger partial charge is 0.493 e. The fourth-order valence-corrected chi connectivity index (χ4v) is 3.52. The van der Waals surface area contributed by atoms with E-state index in [1.54, 1.807) is 6.07 Å². The molecule has 108 valence electrons. The Hall–Kier alpha value is -1.26. The van der Waals surface area contributed by atoms with Crippen LogP contribution < -0.4 is 9.47 Å². The molecule has 0 amide bonds. The van der Waals surface area contributed by atoms with Crippen LogP contribution in [0.5, 0.6) is 11.5 Å². The molecule has 0 aliphatic carbocycles. The Morgan fingerprint density at radius 3 is 2.50 bits per heavy atom. The van der Waals surface area contributed by atoms with Crippen LogP contribution in [0.2, 0.25) is 0 Å². The number of aryl methyl sites for hydroxylation is 1. The van der Waals surface area contributed by atoms with Crippen molar-refractivity contribution in [1.29, 1.82) is 0 Å². The fourth-order valence-electron chi connectivity index (χ4n) is 2.07. The molecule has 2 nitrogen and oxygen atoms in total. The molecular formula is C15H16ClFO2S. The van der Waals surface area contributed by atoms with Crippen molar-refractivity contribution in [1.82, 2.24) is 0 Å². The normalized spacial score (nSPS) is 12.2. The Labute approximate surface area is 127 Å². The quantitative estimate of drug-likeness (QED) is 0.738. The van der Waals surface area contributed by atoms with E-state index in [9.17, 15) is 4.39 Å². The average molecular weight is 315 g/mol. The summed E-state index contributed by atoms with van der Waals surface area (Å²) in [5, 5.41) is 1.45. The van der Waals surface area contributed by atoms with Crippen LogP contribution in [0.4, 0.5) is 4.39 Å². The Morgan fingerprint density at radius 1 is 1.25 bits per heavy atom. The van der Waals surface area contributed by atoms with Crippen molar-refractivity contribution in [2.24, 2.45) is 0 Å². The second-order valence-corrected chi connectivity index (χ2v) is 5.64. The maximum absolute atomic E-state index is 14.2. The molecule has 1 aromatic heterocycles. The molecule has 0 fully saturated rings. The van der Waals surface area contributed by atoms with Crippen LogP contribution in [-0.4, -0.2) is 14.2 Å². The predicted octanol–water partition coefficient (Wildman–Crippen LogP) is 4.80. The molecule has 1 atom stereocenters. The number of halogens is 2. The van der Waals surface area contributed by atoms with E-state index in [0.29, 0.717) is 17.1 Å². The highest BCUT2D eigenvalue weighted by molar-refractivity contribution is 7.10. The third-order valence-corrected chi connectivity index (χ3v) is 4.77. The minimum Gasteiger partial charge on any atom is -0.493 e. The van der Waals surface area contributed by atoms with E-state index in [-0.39, 0.29) is 0 Å². The number of benzene rings is 1. The van der Waals surface area contributed by atoms with Crippen LogP contribution in [0.3, 0.4) is 0 Å². The molecule has 2 rings (SSSR count). The van der Waals surface area contributed by atoms with Crippen molar-refractivity contribution in [2.45, 2.75) is 18.7 Å². The van der Waals surface area contributed by atoms with Crippen LogP contribution in [0.25, 0.3) is 0 Å². The van der Waals surface area contributed by atoms with Crippen LogP contribution in [0, 0.1) is 5.82 Å². The lowest BCUT2D eigenvalue weighted by Gasteiger charge is -2.15. The van der Waals surface area contributed by atoms with Crippen molar-refractivity contribution in [2.75, 3.05) is 14.2 Å². The molecule has 2 aromatic rings. The predicted molar refractivity (Wildman–Crippen MR) is 80.9 cm³/mol. The topological polar surface area (TPSA) is 18.5 Å². The van der Waals surface area contributed by atoms with E-state index < -0.39 is 11.2 Å². The van der Waals surface area contributed by atoms with Gasteiger partial charge in [-0.25, -0.2) is 4.39 Å². The van der Waals surface area contributed by atoms with E-state index >= 15 is 0 Å². The molecule has 0 aliphatic rings. The molecule has 0 aliphatic heterocycles. The van der Waals surface area contributed by atoms with Gasteiger partial charge in [-0.05, 0) is 29.5 Å². The van der Waals surface area contributed by atoms with Crippen LogP contribution >= 0.6 is 22.9 Å². The molecule has 0 saturated carbocycles. The smallest absolute Gasteiger partial charge is 0.163 e. The van der Waals surface area contributed by atoms with Gasteiger partial charge in [0.15, 0.2) is 11.5 Å². The molecular weight excluding hydrogens is 299 g/mol. The van der Waals surface area contributed by atoms with Crippen molar-refractivity contribution >= 4 is 22.9 Å². The highest BCUT2D eigenvalue weighted by atomic mass is 35.5. The van der Waals surface area contributed by atoms with E-state index in [4.69, 9.17) is 21.1 Å². The van der Waals surface area contributed by atoms with Gasteiger partial charge in [0.05, 0.1) is 19.6 Å². The Balaban J connectivity index is 2.46. The van der Waals surface area contributed by atoms with Gasteiger partial charge >= 0.3 is 0 Å². The third kappa shape index (κ3) is 2.76. The molecule has 5 heteroatoms. The number of hydrogen-bond donors (Lipinski definition) is 0. The molecule has 0 radical (unpaired) electrons. The number of rotatable bonds is 5. The lowest BCUT2D eigenvalue weighted by atomic mass is 10.1. The van der Waals surface area contributed by atoms with Gasteiger partial charge in [-0.15, -0.1) is 22.9 Å². The van der Waals surface area contributed by atoms with Crippen molar-refractivity contribution < 1.29 is 13.9 Å². The number of hydrogen-bond acceptors (Lipinski definition) is 3. The molecule has 0 N–H and O–H groups in total.